The minimum absolute atomic E-state index is 0.0000408. The van der Waals surface area contributed by atoms with Crippen molar-refractivity contribution in [1.82, 2.24) is 4.90 Å². The number of carbonyl (C=O) groups is 3. The van der Waals surface area contributed by atoms with Crippen LogP contribution in [0.1, 0.15) is 0 Å². The van der Waals surface area contributed by atoms with Crippen LogP contribution in [0, 0.1) is 0 Å². The second-order valence-electron chi connectivity index (χ2n) is 6.41. The summed E-state index contributed by atoms with van der Waals surface area (Å²) in [5.41, 5.74) is 0.919. The van der Waals surface area contributed by atoms with E-state index in [4.69, 9.17) is 18.9 Å². The van der Waals surface area contributed by atoms with Crippen LogP contribution in [0.4, 0.5) is 16.2 Å². The van der Waals surface area contributed by atoms with E-state index in [9.17, 15) is 19.5 Å². The Morgan fingerprint density at radius 3 is 2.66 bits per heavy atom. The molecule has 0 radical (unpaired) electrons. The Labute approximate surface area is 165 Å². The normalized spacial score (nSPS) is 17.9. The number of fused-ring (bicyclic) bond motifs is 1. The number of amides is 2. The van der Waals surface area contributed by atoms with Gasteiger partial charge in [0.05, 0.1) is 43.8 Å². The van der Waals surface area contributed by atoms with Crippen molar-refractivity contribution in [3.05, 3.63) is 23.4 Å². The summed E-state index contributed by atoms with van der Waals surface area (Å²) in [6.45, 7) is 0.397. The standard InChI is InChI=1S/C18H19N3O8/c1-26-17(24)10-8-20(2-4-22)16(23)15(10)19-11-6-13-14(29-9-28-13)7-12(11)21-3-5-27-18(21)25/h6-7,19,22H,2-5,8-9H2,1H3. The van der Waals surface area contributed by atoms with Crippen LogP contribution >= 0.6 is 0 Å². The fraction of sp³-hybridized carbons (Fsp3) is 0.389. The number of aliphatic hydroxyl groups excluding tert-OH is 1. The highest BCUT2D eigenvalue weighted by Gasteiger charge is 2.36. The molecule has 1 aromatic rings. The molecule has 3 heterocycles. The number of anilines is 2. The van der Waals surface area contributed by atoms with E-state index in [-0.39, 0.29) is 44.4 Å². The van der Waals surface area contributed by atoms with E-state index >= 15 is 0 Å². The second-order valence-corrected chi connectivity index (χ2v) is 6.41. The van der Waals surface area contributed by atoms with Gasteiger partial charge >= 0.3 is 12.1 Å². The van der Waals surface area contributed by atoms with E-state index < -0.39 is 18.0 Å². The first-order valence-corrected chi connectivity index (χ1v) is 8.90. The zero-order chi connectivity index (χ0) is 20.5. The molecule has 0 spiro atoms. The molecule has 1 aromatic carbocycles. The van der Waals surface area contributed by atoms with Gasteiger partial charge in [0.25, 0.3) is 5.91 Å². The molecule has 0 unspecified atom stereocenters. The number of nitrogens with zero attached hydrogens (tertiary/aromatic N) is 2. The molecule has 11 heteroatoms. The lowest BCUT2D eigenvalue weighted by atomic mass is 10.2. The van der Waals surface area contributed by atoms with Crippen LogP contribution in [0.15, 0.2) is 23.4 Å². The molecule has 1 fully saturated rings. The first-order valence-electron chi connectivity index (χ1n) is 8.90. The number of aliphatic hydroxyl groups is 1. The van der Waals surface area contributed by atoms with Crippen molar-refractivity contribution in [2.24, 2.45) is 0 Å². The Balaban J connectivity index is 1.74. The maximum absolute atomic E-state index is 12.8. The third-order valence-corrected chi connectivity index (χ3v) is 4.76. The van der Waals surface area contributed by atoms with Crippen molar-refractivity contribution >= 4 is 29.3 Å². The van der Waals surface area contributed by atoms with Gasteiger partial charge in [-0.2, -0.15) is 0 Å². The Bertz CT molecular complexity index is 913. The van der Waals surface area contributed by atoms with Crippen LogP contribution in [0.3, 0.4) is 0 Å². The highest BCUT2D eigenvalue weighted by atomic mass is 16.7. The maximum Gasteiger partial charge on any atom is 0.414 e. The largest absolute Gasteiger partial charge is 0.466 e. The van der Waals surface area contributed by atoms with Gasteiger partial charge in [-0.15, -0.1) is 0 Å². The number of ether oxygens (including phenoxy) is 4. The topological polar surface area (TPSA) is 127 Å². The average molecular weight is 405 g/mol. The zero-order valence-electron chi connectivity index (χ0n) is 15.6. The van der Waals surface area contributed by atoms with Gasteiger partial charge in [0.1, 0.15) is 12.3 Å². The molecule has 4 rings (SSSR count). The van der Waals surface area contributed by atoms with Gasteiger partial charge in [0.15, 0.2) is 11.5 Å². The van der Waals surface area contributed by atoms with Crippen molar-refractivity contribution in [3.63, 3.8) is 0 Å². The van der Waals surface area contributed by atoms with Crippen molar-refractivity contribution in [2.45, 2.75) is 0 Å². The summed E-state index contributed by atoms with van der Waals surface area (Å²) in [6.07, 6.45) is -0.534. The molecule has 29 heavy (non-hydrogen) atoms. The molecular weight excluding hydrogens is 386 g/mol. The molecule has 0 atom stereocenters. The molecule has 2 N–H and O–H groups in total. The summed E-state index contributed by atoms with van der Waals surface area (Å²) in [5.74, 6) is -0.245. The third-order valence-electron chi connectivity index (χ3n) is 4.76. The summed E-state index contributed by atoms with van der Waals surface area (Å²) in [4.78, 5) is 39.8. The molecule has 0 aromatic heterocycles. The number of hydrogen-bond donors (Lipinski definition) is 2. The summed E-state index contributed by atoms with van der Waals surface area (Å²) in [5, 5.41) is 12.1. The van der Waals surface area contributed by atoms with Crippen molar-refractivity contribution in [3.8, 4) is 11.5 Å². The van der Waals surface area contributed by atoms with E-state index in [1.807, 2.05) is 0 Å². The van der Waals surface area contributed by atoms with Gasteiger partial charge in [-0.05, 0) is 0 Å². The SMILES string of the molecule is COC(=O)C1=C(Nc2cc3c(cc2N2CCOC2=O)OCO3)C(=O)N(CCO)C1. The van der Waals surface area contributed by atoms with Crippen LogP contribution in [-0.4, -0.2) is 74.7 Å². The van der Waals surface area contributed by atoms with E-state index in [1.165, 1.54) is 16.9 Å². The monoisotopic (exact) mass is 405 g/mol. The smallest absolute Gasteiger partial charge is 0.414 e. The Hall–Kier alpha value is -3.47. The highest BCUT2D eigenvalue weighted by Crippen LogP contribution is 2.42. The number of benzene rings is 1. The predicted octanol–water partition coefficient (Wildman–Crippen LogP) is 0.0454. The molecule has 0 bridgehead atoms. The van der Waals surface area contributed by atoms with E-state index in [1.54, 1.807) is 12.1 Å². The quantitative estimate of drug-likeness (QED) is 0.631. The third kappa shape index (κ3) is 3.29. The van der Waals surface area contributed by atoms with Crippen molar-refractivity contribution < 1.29 is 38.4 Å². The minimum atomic E-state index is -0.663. The van der Waals surface area contributed by atoms with E-state index in [2.05, 4.69) is 5.32 Å². The van der Waals surface area contributed by atoms with Gasteiger partial charge in [-0.1, -0.05) is 0 Å². The maximum atomic E-state index is 12.8. The van der Waals surface area contributed by atoms with Crippen molar-refractivity contribution in [1.29, 1.82) is 0 Å². The highest BCUT2D eigenvalue weighted by molar-refractivity contribution is 6.09. The number of hydrogen-bond acceptors (Lipinski definition) is 9. The molecule has 3 aliphatic rings. The van der Waals surface area contributed by atoms with Crippen LogP contribution < -0.4 is 19.7 Å². The predicted molar refractivity (Wildman–Crippen MR) is 97.6 cm³/mol. The zero-order valence-corrected chi connectivity index (χ0v) is 15.6. The second kappa shape index (κ2) is 7.51. The number of cyclic esters (lactones) is 1. The number of rotatable bonds is 6. The van der Waals surface area contributed by atoms with Crippen molar-refractivity contribution in [2.75, 3.05) is 57.0 Å². The number of esters is 1. The fourth-order valence-electron chi connectivity index (χ4n) is 3.35. The lowest BCUT2D eigenvalue weighted by Crippen LogP contribution is -2.31. The molecule has 1 saturated heterocycles. The first kappa shape index (κ1) is 18.9. The molecule has 0 aliphatic carbocycles. The minimum Gasteiger partial charge on any atom is -0.466 e. The lowest BCUT2D eigenvalue weighted by Gasteiger charge is -2.20. The van der Waals surface area contributed by atoms with Crippen LogP contribution in [-0.2, 0) is 19.1 Å². The molecule has 0 saturated carbocycles. The van der Waals surface area contributed by atoms with Gasteiger partial charge in [-0.25, -0.2) is 9.59 Å². The fourth-order valence-corrected chi connectivity index (χ4v) is 3.35. The summed E-state index contributed by atoms with van der Waals surface area (Å²) < 4.78 is 20.6. The lowest BCUT2D eigenvalue weighted by molar-refractivity contribution is -0.136. The summed E-state index contributed by atoms with van der Waals surface area (Å²) in [7, 11) is 1.22. The summed E-state index contributed by atoms with van der Waals surface area (Å²) >= 11 is 0. The van der Waals surface area contributed by atoms with Crippen LogP contribution in [0.2, 0.25) is 0 Å². The number of methoxy groups -OCH3 is 1. The van der Waals surface area contributed by atoms with E-state index in [0.717, 1.165) is 0 Å². The Morgan fingerprint density at radius 2 is 2.00 bits per heavy atom. The van der Waals surface area contributed by atoms with E-state index in [0.29, 0.717) is 29.4 Å². The van der Waals surface area contributed by atoms with Gasteiger partial charge in [-0.3, -0.25) is 9.69 Å². The van der Waals surface area contributed by atoms with Crippen LogP contribution in [0.5, 0.6) is 11.5 Å². The average Bonchev–Trinajstić information content (AvgIpc) is 3.42. The van der Waals surface area contributed by atoms with Gasteiger partial charge in [0, 0.05) is 18.7 Å². The molecule has 154 valence electrons. The Kier molecular flexibility index (Phi) is 4.89. The summed E-state index contributed by atoms with van der Waals surface area (Å²) in [6, 6.07) is 3.20. The van der Waals surface area contributed by atoms with Crippen LogP contribution in [0.25, 0.3) is 0 Å². The number of nitrogens with one attached hydrogen (secondary N) is 1. The van der Waals surface area contributed by atoms with Gasteiger partial charge < -0.3 is 34.3 Å². The molecule has 2 amide bonds. The molecule has 11 nitrogen and oxygen atoms in total. The molecule has 3 aliphatic heterocycles. The van der Waals surface area contributed by atoms with Gasteiger partial charge in [0.2, 0.25) is 6.79 Å². The molecular formula is C18H19N3O8. The number of β-amino-alcohol motifs (C(OH)–C–C–N with tert-alkyl or cyclic N) is 1. The first-order chi connectivity index (χ1) is 14.0. The Morgan fingerprint density at radius 1 is 1.24 bits per heavy atom. The number of carbonyl (C=O) groups excluding carboxylic acids is 3.